The minimum absolute atomic E-state index is 0.0915. The van der Waals surface area contributed by atoms with Crippen LogP contribution in [-0.4, -0.2) is 38.7 Å². The molecule has 1 N–H and O–H groups in total. The molecule has 0 saturated carbocycles. The third kappa shape index (κ3) is 3.73. The molecule has 140 valence electrons. The van der Waals surface area contributed by atoms with Crippen LogP contribution in [0, 0.1) is 6.92 Å². The number of aromatic nitrogens is 3. The third-order valence-corrected chi connectivity index (χ3v) is 5.85. The molecule has 1 fully saturated rings. The Labute approximate surface area is 161 Å². The molecule has 1 aromatic carbocycles. The van der Waals surface area contributed by atoms with Crippen molar-refractivity contribution in [3.05, 3.63) is 74.1 Å². The van der Waals surface area contributed by atoms with Crippen LogP contribution in [0.5, 0.6) is 0 Å². The predicted molar refractivity (Wildman–Crippen MR) is 105 cm³/mol. The van der Waals surface area contributed by atoms with Crippen LogP contribution in [0.2, 0.25) is 0 Å². The summed E-state index contributed by atoms with van der Waals surface area (Å²) in [4.78, 5) is 26.7. The molecule has 3 aromatic rings. The largest absolute Gasteiger partial charge is 0.343 e. The summed E-state index contributed by atoms with van der Waals surface area (Å²) in [5, 5.41) is 10.7. The number of H-pyrrole nitrogens is 1. The van der Waals surface area contributed by atoms with Crippen LogP contribution in [0.4, 0.5) is 0 Å². The second-order valence-corrected chi connectivity index (χ2v) is 7.82. The van der Waals surface area contributed by atoms with E-state index < -0.39 is 0 Å². The van der Waals surface area contributed by atoms with Gasteiger partial charge in [-0.05, 0) is 36.8 Å². The molecule has 0 radical (unpaired) electrons. The first kappa shape index (κ1) is 17.7. The lowest BCUT2D eigenvalue weighted by Gasteiger charge is -2.31. The Morgan fingerprint density at radius 3 is 2.63 bits per heavy atom. The molecule has 4 rings (SSSR count). The van der Waals surface area contributed by atoms with E-state index in [0.717, 1.165) is 29.8 Å². The van der Waals surface area contributed by atoms with E-state index in [-0.39, 0.29) is 17.5 Å². The highest BCUT2D eigenvalue weighted by atomic mass is 32.1. The Bertz CT molecular complexity index is 964. The lowest BCUT2D eigenvalue weighted by Crippen LogP contribution is -2.38. The van der Waals surface area contributed by atoms with Gasteiger partial charge in [-0.2, -0.15) is 16.4 Å². The minimum Gasteiger partial charge on any atom is -0.339 e. The van der Waals surface area contributed by atoms with Crippen molar-refractivity contribution in [2.24, 2.45) is 0 Å². The number of carbonyl (C=O) groups excluding carboxylic acids is 1. The molecule has 1 aliphatic rings. The second kappa shape index (κ2) is 7.52. The molecule has 0 aliphatic carbocycles. The van der Waals surface area contributed by atoms with E-state index in [1.165, 1.54) is 16.9 Å². The molecule has 0 atom stereocenters. The van der Waals surface area contributed by atoms with Crippen molar-refractivity contribution < 1.29 is 4.79 Å². The van der Waals surface area contributed by atoms with Crippen molar-refractivity contribution in [2.45, 2.75) is 32.2 Å². The fraction of sp³-hybridized carbons (Fsp3) is 0.350. The first-order valence-electron chi connectivity index (χ1n) is 9.14. The Kier molecular flexibility index (Phi) is 4.94. The van der Waals surface area contributed by atoms with E-state index in [0.29, 0.717) is 19.6 Å². The van der Waals surface area contributed by atoms with Gasteiger partial charge in [-0.3, -0.25) is 9.36 Å². The normalized spacial score (nSPS) is 15.2. The van der Waals surface area contributed by atoms with Gasteiger partial charge in [-0.15, -0.1) is 0 Å². The lowest BCUT2D eigenvalue weighted by molar-refractivity contribution is 0.0711. The van der Waals surface area contributed by atoms with Gasteiger partial charge in [-0.1, -0.05) is 29.8 Å². The Balaban J connectivity index is 1.46. The summed E-state index contributed by atoms with van der Waals surface area (Å²) in [5.74, 6) is 1.07. The summed E-state index contributed by atoms with van der Waals surface area (Å²) in [7, 11) is 0. The first-order chi connectivity index (χ1) is 13.1. The lowest BCUT2D eigenvalue weighted by atomic mass is 9.95. The topological polar surface area (TPSA) is 71.0 Å². The van der Waals surface area contributed by atoms with Gasteiger partial charge in [0, 0.05) is 24.4 Å². The quantitative estimate of drug-likeness (QED) is 0.754. The van der Waals surface area contributed by atoms with Crippen LogP contribution in [0.3, 0.4) is 0 Å². The molecule has 6 nitrogen and oxygen atoms in total. The number of benzene rings is 1. The van der Waals surface area contributed by atoms with Crippen molar-refractivity contribution in [1.82, 2.24) is 19.7 Å². The maximum Gasteiger partial charge on any atom is 0.343 e. The highest BCUT2D eigenvalue weighted by Crippen LogP contribution is 2.27. The van der Waals surface area contributed by atoms with E-state index in [2.05, 4.69) is 22.3 Å². The number of hydrogen-bond acceptors (Lipinski definition) is 4. The molecule has 0 bridgehead atoms. The SMILES string of the molecule is Cc1ccc(Cn2c(C3CCN(C(=O)c4ccsc4)CC3)n[nH]c2=O)cc1. The van der Waals surface area contributed by atoms with E-state index >= 15 is 0 Å². The summed E-state index contributed by atoms with van der Waals surface area (Å²) >= 11 is 1.54. The molecule has 3 heterocycles. The van der Waals surface area contributed by atoms with Gasteiger partial charge in [0.05, 0.1) is 12.1 Å². The maximum atomic E-state index is 12.5. The summed E-state index contributed by atoms with van der Waals surface area (Å²) in [6, 6.07) is 10.1. The number of thiophene rings is 1. The second-order valence-electron chi connectivity index (χ2n) is 7.04. The van der Waals surface area contributed by atoms with Crippen molar-refractivity contribution in [3.63, 3.8) is 0 Å². The minimum atomic E-state index is -0.178. The van der Waals surface area contributed by atoms with Gasteiger partial charge in [0.1, 0.15) is 5.82 Å². The highest BCUT2D eigenvalue weighted by Gasteiger charge is 2.28. The highest BCUT2D eigenvalue weighted by molar-refractivity contribution is 7.08. The molecule has 27 heavy (non-hydrogen) atoms. The number of nitrogens with zero attached hydrogens (tertiary/aromatic N) is 3. The molecular weight excluding hydrogens is 360 g/mol. The van der Waals surface area contributed by atoms with Crippen molar-refractivity contribution in [2.75, 3.05) is 13.1 Å². The number of nitrogens with one attached hydrogen (secondary N) is 1. The van der Waals surface area contributed by atoms with Crippen LogP contribution in [-0.2, 0) is 6.54 Å². The number of likely N-dealkylation sites (tertiary alicyclic amines) is 1. The van der Waals surface area contributed by atoms with Crippen LogP contribution in [0.1, 0.15) is 46.1 Å². The summed E-state index contributed by atoms with van der Waals surface area (Å²) < 4.78 is 1.73. The number of rotatable bonds is 4. The van der Waals surface area contributed by atoms with Gasteiger partial charge in [0.15, 0.2) is 0 Å². The van der Waals surface area contributed by atoms with Crippen molar-refractivity contribution in [1.29, 1.82) is 0 Å². The molecular formula is C20H22N4O2S. The average Bonchev–Trinajstić information content (AvgIpc) is 3.34. The van der Waals surface area contributed by atoms with Crippen molar-refractivity contribution >= 4 is 17.2 Å². The van der Waals surface area contributed by atoms with Crippen LogP contribution < -0.4 is 5.69 Å². The zero-order chi connectivity index (χ0) is 18.8. The zero-order valence-corrected chi connectivity index (χ0v) is 16.0. The molecule has 7 heteroatoms. The van der Waals surface area contributed by atoms with E-state index in [1.54, 1.807) is 4.57 Å². The monoisotopic (exact) mass is 382 g/mol. The van der Waals surface area contributed by atoms with E-state index in [4.69, 9.17) is 0 Å². The fourth-order valence-electron chi connectivity index (χ4n) is 3.58. The van der Waals surface area contributed by atoms with Gasteiger partial charge in [0.2, 0.25) is 0 Å². The van der Waals surface area contributed by atoms with Gasteiger partial charge >= 0.3 is 5.69 Å². The molecule has 1 amide bonds. The standard InChI is InChI=1S/C20H22N4O2S/c1-14-2-4-15(5-3-14)12-24-18(21-22-20(24)26)16-6-9-23(10-7-16)19(25)17-8-11-27-13-17/h2-5,8,11,13,16H,6-7,9-10,12H2,1H3,(H,22,26). The maximum absolute atomic E-state index is 12.5. The Morgan fingerprint density at radius 2 is 1.96 bits per heavy atom. The summed E-state index contributed by atoms with van der Waals surface area (Å²) in [6.07, 6.45) is 1.63. The number of hydrogen-bond donors (Lipinski definition) is 1. The van der Waals surface area contributed by atoms with Gasteiger partial charge < -0.3 is 4.90 Å². The van der Waals surface area contributed by atoms with Crippen molar-refractivity contribution in [3.8, 4) is 0 Å². The number of carbonyl (C=O) groups is 1. The molecule has 2 aromatic heterocycles. The first-order valence-corrected chi connectivity index (χ1v) is 10.1. The average molecular weight is 382 g/mol. The molecule has 1 saturated heterocycles. The molecule has 1 aliphatic heterocycles. The molecule has 0 spiro atoms. The predicted octanol–water partition coefficient (Wildman–Crippen LogP) is 3.01. The fourth-order valence-corrected chi connectivity index (χ4v) is 4.21. The van der Waals surface area contributed by atoms with Gasteiger partial charge in [-0.25, -0.2) is 9.89 Å². The Hall–Kier alpha value is -2.67. The molecule has 0 unspecified atom stereocenters. The Morgan fingerprint density at radius 1 is 1.22 bits per heavy atom. The number of piperidine rings is 1. The number of amides is 1. The third-order valence-electron chi connectivity index (χ3n) is 5.16. The zero-order valence-electron chi connectivity index (χ0n) is 15.2. The van der Waals surface area contributed by atoms with Crippen LogP contribution in [0.25, 0.3) is 0 Å². The smallest absolute Gasteiger partial charge is 0.339 e. The summed E-state index contributed by atoms with van der Waals surface area (Å²) in [6.45, 7) is 3.93. The van der Waals surface area contributed by atoms with E-state index in [1.807, 2.05) is 40.8 Å². The number of aromatic amines is 1. The number of aryl methyl sites for hydroxylation is 1. The van der Waals surface area contributed by atoms with Crippen LogP contribution >= 0.6 is 11.3 Å². The van der Waals surface area contributed by atoms with Crippen LogP contribution in [0.15, 0.2) is 45.9 Å². The van der Waals surface area contributed by atoms with Gasteiger partial charge in [0.25, 0.3) is 5.91 Å². The summed E-state index contributed by atoms with van der Waals surface area (Å²) in [5.41, 5.74) is 2.86. The van der Waals surface area contributed by atoms with E-state index in [9.17, 15) is 9.59 Å².